The van der Waals surface area contributed by atoms with Crippen LogP contribution in [0.5, 0.6) is 0 Å². The summed E-state index contributed by atoms with van der Waals surface area (Å²) in [5.74, 6) is 0.625. The number of carbonyl (C=O) groups excluding carboxylic acids is 1. The molecule has 0 aliphatic carbocycles. The lowest BCUT2D eigenvalue weighted by Gasteiger charge is -2.15. The molecule has 3 rings (SSSR count). The summed E-state index contributed by atoms with van der Waals surface area (Å²) in [6.45, 7) is 5.91. The summed E-state index contributed by atoms with van der Waals surface area (Å²) in [5, 5.41) is 8.63. The molecule has 7 heteroatoms. The first-order valence-corrected chi connectivity index (χ1v) is 8.65. The van der Waals surface area contributed by atoms with Crippen LogP contribution in [0.25, 0.3) is 10.9 Å². The smallest absolute Gasteiger partial charge is 0.238 e. The molecular formula is C17H19N5OS. The van der Waals surface area contributed by atoms with Crippen molar-refractivity contribution in [2.45, 2.75) is 37.1 Å². The van der Waals surface area contributed by atoms with Crippen molar-refractivity contribution in [3.63, 3.8) is 0 Å². The molecule has 0 fully saturated rings. The molecule has 1 atom stereocenters. The van der Waals surface area contributed by atoms with E-state index in [1.165, 1.54) is 18.1 Å². The van der Waals surface area contributed by atoms with Crippen LogP contribution in [0.3, 0.4) is 0 Å². The third-order valence-electron chi connectivity index (χ3n) is 3.57. The highest BCUT2D eigenvalue weighted by Crippen LogP contribution is 2.28. The Bertz CT molecular complexity index is 856. The Balaban J connectivity index is 1.75. The third kappa shape index (κ3) is 3.41. The van der Waals surface area contributed by atoms with E-state index in [-0.39, 0.29) is 17.2 Å². The second-order valence-corrected chi connectivity index (χ2v) is 7.03. The highest BCUT2D eigenvalue weighted by Gasteiger charge is 2.18. The van der Waals surface area contributed by atoms with E-state index >= 15 is 0 Å². The van der Waals surface area contributed by atoms with Gasteiger partial charge in [0.05, 0.1) is 17.0 Å². The molecule has 3 aromatic rings. The molecule has 0 radical (unpaired) electrons. The van der Waals surface area contributed by atoms with Crippen molar-refractivity contribution < 1.29 is 4.79 Å². The molecule has 124 valence electrons. The lowest BCUT2D eigenvalue weighted by Crippen LogP contribution is -2.24. The zero-order valence-electron chi connectivity index (χ0n) is 13.8. The van der Waals surface area contributed by atoms with Gasteiger partial charge in [0.25, 0.3) is 0 Å². The van der Waals surface area contributed by atoms with E-state index in [0.717, 1.165) is 15.9 Å². The minimum absolute atomic E-state index is 0.0786. The first-order valence-electron chi connectivity index (χ1n) is 7.77. The van der Waals surface area contributed by atoms with Crippen LogP contribution < -0.4 is 5.32 Å². The second-order valence-electron chi connectivity index (χ2n) is 5.70. The Morgan fingerprint density at radius 1 is 1.17 bits per heavy atom. The maximum atomic E-state index is 12.5. The van der Waals surface area contributed by atoms with E-state index in [1.807, 2.05) is 45.0 Å². The van der Waals surface area contributed by atoms with E-state index < -0.39 is 0 Å². The van der Waals surface area contributed by atoms with Crippen molar-refractivity contribution in [3.8, 4) is 0 Å². The molecule has 0 aliphatic heterocycles. The topological polar surface area (TPSA) is 72.7 Å². The van der Waals surface area contributed by atoms with Gasteiger partial charge in [-0.3, -0.25) is 4.79 Å². The predicted octanol–water partition coefficient (Wildman–Crippen LogP) is 3.53. The summed E-state index contributed by atoms with van der Waals surface area (Å²) in [6, 6.07) is 9.77. The summed E-state index contributed by atoms with van der Waals surface area (Å²) in [7, 11) is 0. The first-order chi connectivity index (χ1) is 11.6. The van der Waals surface area contributed by atoms with Gasteiger partial charge in [-0.05, 0) is 26.8 Å². The van der Waals surface area contributed by atoms with Crippen LogP contribution >= 0.6 is 11.8 Å². The molecule has 2 heterocycles. The summed E-state index contributed by atoms with van der Waals surface area (Å²) >= 11 is 1.42. The van der Waals surface area contributed by atoms with E-state index in [4.69, 9.17) is 0 Å². The van der Waals surface area contributed by atoms with Crippen molar-refractivity contribution in [2.75, 3.05) is 5.32 Å². The SMILES string of the molecule is CC(C)n1nccc1NC(=O)[C@@H](C)Sc1ncnc2ccccc12. The predicted molar refractivity (Wildman–Crippen MR) is 96.1 cm³/mol. The lowest BCUT2D eigenvalue weighted by molar-refractivity contribution is -0.115. The number of anilines is 1. The third-order valence-corrected chi connectivity index (χ3v) is 4.69. The van der Waals surface area contributed by atoms with Crippen molar-refractivity contribution in [1.82, 2.24) is 19.7 Å². The number of rotatable bonds is 5. The molecule has 1 aromatic carbocycles. The molecule has 1 amide bonds. The number of thioether (sulfide) groups is 1. The number of fused-ring (bicyclic) bond motifs is 1. The quantitative estimate of drug-likeness (QED) is 0.568. The summed E-state index contributed by atoms with van der Waals surface area (Å²) in [5.41, 5.74) is 0.875. The van der Waals surface area contributed by atoms with Crippen LogP contribution in [-0.4, -0.2) is 30.9 Å². The van der Waals surface area contributed by atoms with Crippen molar-refractivity contribution in [3.05, 3.63) is 42.9 Å². The second kappa shape index (κ2) is 7.00. The number of nitrogens with one attached hydrogen (secondary N) is 1. The molecule has 0 aliphatic rings. The normalized spacial score (nSPS) is 12.5. The minimum Gasteiger partial charge on any atom is -0.310 e. The number of benzene rings is 1. The van der Waals surface area contributed by atoms with E-state index in [0.29, 0.717) is 5.82 Å². The van der Waals surface area contributed by atoms with Gasteiger partial charge < -0.3 is 5.32 Å². The fourth-order valence-electron chi connectivity index (χ4n) is 2.35. The van der Waals surface area contributed by atoms with Gasteiger partial charge in [0, 0.05) is 17.5 Å². The average molecular weight is 341 g/mol. The van der Waals surface area contributed by atoms with Crippen LogP contribution in [-0.2, 0) is 4.79 Å². The van der Waals surface area contributed by atoms with Gasteiger partial charge in [-0.1, -0.05) is 30.0 Å². The van der Waals surface area contributed by atoms with Gasteiger partial charge in [-0.2, -0.15) is 5.10 Å². The van der Waals surface area contributed by atoms with E-state index in [9.17, 15) is 4.79 Å². The summed E-state index contributed by atoms with van der Waals surface area (Å²) < 4.78 is 1.79. The molecule has 1 N–H and O–H groups in total. The number of amides is 1. The Morgan fingerprint density at radius 2 is 1.96 bits per heavy atom. The van der Waals surface area contributed by atoms with Crippen molar-refractivity contribution >= 4 is 34.4 Å². The largest absolute Gasteiger partial charge is 0.310 e. The fourth-order valence-corrected chi connectivity index (χ4v) is 3.26. The molecule has 0 saturated heterocycles. The number of hydrogen-bond acceptors (Lipinski definition) is 5. The minimum atomic E-state index is -0.293. The molecule has 6 nitrogen and oxygen atoms in total. The Kier molecular flexibility index (Phi) is 4.80. The monoisotopic (exact) mass is 341 g/mol. The van der Waals surface area contributed by atoms with Crippen LogP contribution in [0.2, 0.25) is 0 Å². The lowest BCUT2D eigenvalue weighted by atomic mass is 10.2. The number of hydrogen-bond donors (Lipinski definition) is 1. The van der Waals surface area contributed by atoms with Gasteiger partial charge >= 0.3 is 0 Å². The van der Waals surface area contributed by atoms with E-state index in [2.05, 4.69) is 20.4 Å². The maximum absolute atomic E-state index is 12.5. The highest BCUT2D eigenvalue weighted by atomic mass is 32.2. The molecular weight excluding hydrogens is 322 g/mol. The molecule has 0 unspecified atom stereocenters. The number of para-hydroxylation sites is 1. The molecule has 24 heavy (non-hydrogen) atoms. The van der Waals surface area contributed by atoms with E-state index in [1.54, 1.807) is 16.9 Å². The Morgan fingerprint density at radius 3 is 2.75 bits per heavy atom. The molecule has 0 saturated carbocycles. The van der Waals surface area contributed by atoms with Crippen LogP contribution in [0.4, 0.5) is 5.82 Å². The summed E-state index contributed by atoms with van der Waals surface area (Å²) in [6.07, 6.45) is 3.22. The van der Waals surface area contributed by atoms with Crippen molar-refractivity contribution in [2.24, 2.45) is 0 Å². The number of nitrogens with zero attached hydrogens (tertiary/aromatic N) is 4. The molecule has 2 aromatic heterocycles. The van der Waals surface area contributed by atoms with Crippen LogP contribution in [0, 0.1) is 0 Å². The number of carbonyl (C=O) groups is 1. The molecule has 0 spiro atoms. The number of aromatic nitrogens is 4. The Hall–Kier alpha value is -2.41. The first kappa shape index (κ1) is 16.4. The zero-order chi connectivity index (χ0) is 17.1. The Labute approximate surface area is 144 Å². The van der Waals surface area contributed by atoms with Crippen molar-refractivity contribution in [1.29, 1.82) is 0 Å². The van der Waals surface area contributed by atoms with Gasteiger partial charge in [0.2, 0.25) is 5.91 Å². The maximum Gasteiger partial charge on any atom is 0.238 e. The van der Waals surface area contributed by atoms with Gasteiger partial charge in [-0.25, -0.2) is 14.6 Å². The van der Waals surface area contributed by atoms with Crippen LogP contribution in [0.1, 0.15) is 26.8 Å². The van der Waals surface area contributed by atoms with Gasteiger partial charge in [0.1, 0.15) is 17.2 Å². The molecule has 0 bridgehead atoms. The van der Waals surface area contributed by atoms with Gasteiger partial charge in [-0.15, -0.1) is 0 Å². The summed E-state index contributed by atoms with van der Waals surface area (Å²) in [4.78, 5) is 21.1. The standard InChI is InChI=1S/C17H19N5OS/c1-11(2)22-15(8-9-20-22)21-16(23)12(3)24-17-13-6-4-5-7-14(13)18-10-19-17/h4-12H,1-3H3,(H,21,23)/t12-/m1/s1. The average Bonchev–Trinajstić information content (AvgIpc) is 3.03. The highest BCUT2D eigenvalue weighted by molar-refractivity contribution is 8.00. The fraction of sp³-hybridized carbons (Fsp3) is 0.294. The van der Waals surface area contributed by atoms with Gasteiger partial charge in [0.15, 0.2) is 0 Å². The zero-order valence-corrected chi connectivity index (χ0v) is 14.6. The van der Waals surface area contributed by atoms with Crippen LogP contribution in [0.15, 0.2) is 47.9 Å².